The second kappa shape index (κ2) is 4.47. The van der Waals surface area contributed by atoms with Crippen molar-refractivity contribution in [2.45, 2.75) is 32.2 Å². The Labute approximate surface area is 97.4 Å². The zero-order valence-corrected chi connectivity index (χ0v) is 10.2. The van der Waals surface area contributed by atoms with Gasteiger partial charge in [-0.2, -0.15) is 0 Å². The third-order valence-electron chi connectivity index (χ3n) is 2.71. The molecule has 1 heterocycles. The molecule has 1 fully saturated rings. The first-order valence-electron chi connectivity index (χ1n) is 5.28. The van der Waals surface area contributed by atoms with Crippen LogP contribution in [0.5, 0.6) is 0 Å². The Bertz CT molecular complexity index is 356. The van der Waals surface area contributed by atoms with E-state index >= 15 is 0 Å². The van der Waals surface area contributed by atoms with Crippen LogP contribution in [0.4, 0.5) is 10.2 Å². The van der Waals surface area contributed by atoms with E-state index < -0.39 is 0 Å². The Hall–Kier alpha value is -0.640. The monoisotopic (exact) mass is 272 g/mol. The molecule has 0 aliphatic heterocycles. The van der Waals surface area contributed by atoms with Gasteiger partial charge in [0.2, 0.25) is 0 Å². The minimum atomic E-state index is -0.286. The lowest BCUT2D eigenvalue weighted by Gasteiger charge is -2.05. The normalized spacial score (nSPS) is 23.9. The van der Waals surface area contributed by atoms with Crippen molar-refractivity contribution >= 4 is 21.7 Å². The molecule has 0 radical (unpaired) electrons. The van der Waals surface area contributed by atoms with Gasteiger partial charge in [-0.3, -0.25) is 0 Å². The summed E-state index contributed by atoms with van der Waals surface area (Å²) in [7, 11) is 0. The van der Waals surface area contributed by atoms with Gasteiger partial charge in [-0.25, -0.2) is 9.37 Å². The molecule has 15 heavy (non-hydrogen) atoms. The van der Waals surface area contributed by atoms with Gasteiger partial charge in [0.05, 0.1) is 0 Å². The quantitative estimate of drug-likeness (QED) is 0.906. The highest BCUT2D eigenvalue weighted by molar-refractivity contribution is 9.10. The number of aromatic nitrogens is 1. The Morgan fingerprint density at radius 3 is 3.13 bits per heavy atom. The fraction of sp³-hybridized carbons (Fsp3) is 0.545. The van der Waals surface area contributed by atoms with Crippen LogP contribution in [0.2, 0.25) is 0 Å². The smallest absolute Gasteiger partial charge is 0.166 e. The van der Waals surface area contributed by atoms with Crippen molar-refractivity contribution in [3.8, 4) is 0 Å². The Kier molecular flexibility index (Phi) is 3.24. The average molecular weight is 273 g/mol. The van der Waals surface area contributed by atoms with E-state index in [1.54, 1.807) is 6.20 Å². The van der Waals surface area contributed by atoms with Crippen molar-refractivity contribution in [1.29, 1.82) is 0 Å². The highest BCUT2D eigenvalue weighted by Gasteiger charge is 2.36. The van der Waals surface area contributed by atoms with Crippen LogP contribution in [0.25, 0.3) is 0 Å². The van der Waals surface area contributed by atoms with E-state index in [-0.39, 0.29) is 5.82 Å². The zero-order valence-electron chi connectivity index (χ0n) is 8.63. The molecule has 0 bridgehead atoms. The molecule has 4 heteroatoms. The number of halogens is 2. The first-order valence-corrected chi connectivity index (χ1v) is 6.07. The van der Waals surface area contributed by atoms with E-state index in [4.69, 9.17) is 0 Å². The van der Waals surface area contributed by atoms with E-state index in [0.29, 0.717) is 22.3 Å². The largest absolute Gasteiger partial charge is 0.365 e. The molecule has 1 aliphatic rings. The maximum Gasteiger partial charge on any atom is 0.166 e. The summed E-state index contributed by atoms with van der Waals surface area (Å²) in [5.74, 6) is 0.799. The second-order valence-corrected chi connectivity index (χ2v) is 4.93. The van der Waals surface area contributed by atoms with Crippen molar-refractivity contribution in [2.75, 3.05) is 5.32 Å². The number of hydrogen-bond acceptors (Lipinski definition) is 2. The molecule has 1 N–H and O–H groups in total. The summed E-state index contributed by atoms with van der Waals surface area (Å²) in [6.07, 6.45) is 5.17. The predicted octanol–water partition coefficient (Wildman–Crippen LogP) is 3.58. The van der Waals surface area contributed by atoms with Crippen LogP contribution in [0.1, 0.15) is 26.2 Å². The fourth-order valence-electron chi connectivity index (χ4n) is 1.81. The molecule has 2 unspecified atom stereocenters. The van der Waals surface area contributed by atoms with Crippen molar-refractivity contribution in [3.05, 3.63) is 22.6 Å². The predicted molar refractivity (Wildman–Crippen MR) is 62.3 cm³/mol. The van der Waals surface area contributed by atoms with Gasteiger partial charge in [-0.05, 0) is 40.8 Å². The number of pyridine rings is 1. The zero-order chi connectivity index (χ0) is 10.8. The minimum Gasteiger partial charge on any atom is -0.365 e. The van der Waals surface area contributed by atoms with Crippen molar-refractivity contribution in [3.63, 3.8) is 0 Å². The lowest BCUT2D eigenvalue weighted by molar-refractivity contribution is 0.620. The molecule has 0 spiro atoms. The molecule has 1 aromatic rings. The Morgan fingerprint density at radius 1 is 1.67 bits per heavy atom. The van der Waals surface area contributed by atoms with E-state index in [0.717, 1.165) is 6.42 Å². The molecular formula is C11H14BrFN2. The first kappa shape index (κ1) is 10.9. The summed E-state index contributed by atoms with van der Waals surface area (Å²) in [6.45, 7) is 2.17. The van der Waals surface area contributed by atoms with E-state index in [1.165, 1.54) is 18.9 Å². The van der Waals surface area contributed by atoms with E-state index in [9.17, 15) is 4.39 Å². The van der Waals surface area contributed by atoms with Gasteiger partial charge in [0.15, 0.2) is 11.6 Å². The average Bonchev–Trinajstić information content (AvgIpc) is 2.90. The van der Waals surface area contributed by atoms with Crippen molar-refractivity contribution < 1.29 is 4.39 Å². The van der Waals surface area contributed by atoms with E-state index in [2.05, 4.69) is 33.2 Å². The molecular weight excluding hydrogens is 259 g/mol. The summed E-state index contributed by atoms with van der Waals surface area (Å²) in [4.78, 5) is 4.02. The highest BCUT2D eigenvalue weighted by Crippen LogP contribution is 2.37. The molecule has 2 nitrogen and oxygen atoms in total. The van der Waals surface area contributed by atoms with Crippen LogP contribution < -0.4 is 5.32 Å². The van der Waals surface area contributed by atoms with Gasteiger partial charge < -0.3 is 5.32 Å². The first-order chi connectivity index (χ1) is 7.20. The maximum atomic E-state index is 13.4. The van der Waals surface area contributed by atoms with Gasteiger partial charge in [-0.15, -0.1) is 0 Å². The maximum absolute atomic E-state index is 13.4. The molecule has 1 aliphatic carbocycles. The van der Waals surface area contributed by atoms with Gasteiger partial charge in [0.1, 0.15) is 0 Å². The van der Waals surface area contributed by atoms with Crippen LogP contribution >= 0.6 is 15.9 Å². The molecule has 1 aromatic heterocycles. The van der Waals surface area contributed by atoms with Gasteiger partial charge >= 0.3 is 0 Å². The van der Waals surface area contributed by atoms with Gasteiger partial charge in [-0.1, -0.05) is 13.3 Å². The SMILES string of the molecule is CCCC1CC1Nc1ncc(Br)cc1F. The molecule has 82 valence electrons. The lowest BCUT2D eigenvalue weighted by atomic mass is 10.2. The lowest BCUT2D eigenvalue weighted by Crippen LogP contribution is -2.07. The third-order valence-corrected chi connectivity index (χ3v) is 3.15. The third kappa shape index (κ3) is 2.68. The number of rotatable bonds is 4. The van der Waals surface area contributed by atoms with Crippen LogP contribution in [-0.2, 0) is 0 Å². The number of nitrogens with one attached hydrogen (secondary N) is 1. The van der Waals surface area contributed by atoms with Crippen LogP contribution in [-0.4, -0.2) is 11.0 Å². The highest BCUT2D eigenvalue weighted by atomic mass is 79.9. The molecule has 2 atom stereocenters. The number of nitrogens with zero attached hydrogens (tertiary/aromatic N) is 1. The second-order valence-electron chi connectivity index (χ2n) is 4.02. The molecule has 0 saturated heterocycles. The van der Waals surface area contributed by atoms with Crippen LogP contribution in [0, 0.1) is 11.7 Å². The Morgan fingerprint density at radius 2 is 2.47 bits per heavy atom. The van der Waals surface area contributed by atoms with Crippen LogP contribution in [0.3, 0.4) is 0 Å². The Balaban J connectivity index is 1.95. The van der Waals surface area contributed by atoms with Crippen LogP contribution in [0.15, 0.2) is 16.7 Å². The summed E-state index contributed by atoms with van der Waals surface area (Å²) in [5, 5.41) is 3.14. The van der Waals surface area contributed by atoms with Gasteiger partial charge in [0.25, 0.3) is 0 Å². The summed E-state index contributed by atoms with van der Waals surface area (Å²) in [6, 6.07) is 1.86. The number of anilines is 1. The van der Waals surface area contributed by atoms with Gasteiger partial charge in [0, 0.05) is 16.7 Å². The minimum absolute atomic E-state index is 0.286. The molecule has 2 rings (SSSR count). The summed E-state index contributed by atoms with van der Waals surface area (Å²) >= 11 is 3.18. The summed E-state index contributed by atoms with van der Waals surface area (Å²) < 4.78 is 14.1. The van der Waals surface area contributed by atoms with Crippen molar-refractivity contribution in [1.82, 2.24) is 4.98 Å². The molecule has 1 saturated carbocycles. The number of hydrogen-bond donors (Lipinski definition) is 1. The molecule has 0 aromatic carbocycles. The summed E-state index contributed by atoms with van der Waals surface area (Å²) in [5.41, 5.74) is 0. The standard InChI is InChI=1S/C11H14BrFN2/c1-2-3-7-4-10(7)15-11-9(13)5-8(12)6-14-11/h5-7,10H,2-4H2,1H3,(H,14,15). The fourth-order valence-corrected chi connectivity index (χ4v) is 2.11. The topological polar surface area (TPSA) is 24.9 Å². The van der Waals surface area contributed by atoms with Crippen molar-refractivity contribution in [2.24, 2.45) is 5.92 Å². The molecule has 0 amide bonds. The van der Waals surface area contributed by atoms with E-state index in [1.807, 2.05) is 0 Å².